The SMILES string of the molecule is CC(C)CN(C1CCCC1)S(=O)(=O)CCCCNC1CC1. The van der Waals surface area contributed by atoms with E-state index < -0.39 is 10.0 Å². The van der Waals surface area contributed by atoms with Gasteiger partial charge in [-0.05, 0) is 51.0 Å². The van der Waals surface area contributed by atoms with Gasteiger partial charge in [-0.3, -0.25) is 0 Å². The molecule has 2 fully saturated rings. The van der Waals surface area contributed by atoms with E-state index in [9.17, 15) is 8.42 Å². The quantitative estimate of drug-likeness (QED) is 0.631. The minimum Gasteiger partial charge on any atom is -0.314 e. The largest absolute Gasteiger partial charge is 0.314 e. The van der Waals surface area contributed by atoms with Crippen LogP contribution in [0.25, 0.3) is 0 Å². The fraction of sp³-hybridized carbons (Fsp3) is 1.00. The van der Waals surface area contributed by atoms with Gasteiger partial charge in [0.05, 0.1) is 5.75 Å². The molecule has 0 aromatic carbocycles. The van der Waals surface area contributed by atoms with Gasteiger partial charge in [0.1, 0.15) is 0 Å². The zero-order valence-electron chi connectivity index (χ0n) is 13.7. The number of hydrogen-bond donors (Lipinski definition) is 1. The molecular formula is C16H32N2O2S. The summed E-state index contributed by atoms with van der Waals surface area (Å²) in [5, 5.41) is 3.45. The van der Waals surface area contributed by atoms with Crippen LogP contribution in [0.15, 0.2) is 0 Å². The highest BCUT2D eigenvalue weighted by molar-refractivity contribution is 7.89. The van der Waals surface area contributed by atoms with Gasteiger partial charge in [-0.25, -0.2) is 8.42 Å². The maximum Gasteiger partial charge on any atom is 0.214 e. The van der Waals surface area contributed by atoms with E-state index in [0.29, 0.717) is 18.2 Å². The molecule has 21 heavy (non-hydrogen) atoms. The van der Waals surface area contributed by atoms with Crippen LogP contribution in [0, 0.1) is 5.92 Å². The van der Waals surface area contributed by atoms with Gasteiger partial charge < -0.3 is 5.32 Å². The Balaban J connectivity index is 1.79. The second kappa shape index (κ2) is 7.93. The van der Waals surface area contributed by atoms with E-state index >= 15 is 0 Å². The monoisotopic (exact) mass is 316 g/mol. The maximum absolute atomic E-state index is 12.7. The summed E-state index contributed by atoms with van der Waals surface area (Å²) in [5.41, 5.74) is 0. The molecular weight excluding hydrogens is 284 g/mol. The lowest BCUT2D eigenvalue weighted by Gasteiger charge is -2.29. The minimum atomic E-state index is -3.08. The lowest BCUT2D eigenvalue weighted by Crippen LogP contribution is -2.42. The average molecular weight is 317 g/mol. The number of nitrogens with zero attached hydrogens (tertiary/aromatic N) is 1. The topological polar surface area (TPSA) is 49.4 Å². The van der Waals surface area contributed by atoms with Crippen LogP contribution >= 0.6 is 0 Å². The summed E-state index contributed by atoms with van der Waals surface area (Å²) in [6.45, 7) is 5.87. The summed E-state index contributed by atoms with van der Waals surface area (Å²) in [6, 6.07) is 0.986. The summed E-state index contributed by atoms with van der Waals surface area (Å²) in [5.74, 6) is 0.722. The number of unbranched alkanes of at least 4 members (excludes halogenated alkanes) is 1. The summed E-state index contributed by atoms with van der Waals surface area (Å²) in [6.07, 6.45) is 8.80. The fourth-order valence-corrected chi connectivity index (χ4v) is 5.16. The van der Waals surface area contributed by atoms with Crippen molar-refractivity contribution in [1.82, 2.24) is 9.62 Å². The van der Waals surface area contributed by atoms with Crippen molar-refractivity contribution in [2.75, 3.05) is 18.8 Å². The second-order valence-electron chi connectivity index (χ2n) is 7.15. The molecule has 1 N–H and O–H groups in total. The van der Waals surface area contributed by atoms with Gasteiger partial charge in [0.2, 0.25) is 10.0 Å². The Kier molecular flexibility index (Phi) is 6.51. The molecule has 0 radical (unpaired) electrons. The van der Waals surface area contributed by atoms with Crippen LogP contribution < -0.4 is 5.32 Å². The Bertz CT molecular complexity index is 399. The smallest absolute Gasteiger partial charge is 0.214 e. The van der Waals surface area contributed by atoms with Crippen molar-refractivity contribution >= 4 is 10.0 Å². The predicted octanol–water partition coefficient (Wildman–Crippen LogP) is 2.75. The average Bonchev–Trinajstić information content (AvgIpc) is 3.08. The van der Waals surface area contributed by atoms with E-state index in [1.165, 1.54) is 25.7 Å². The van der Waals surface area contributed by atoms with Crippen molar-refractivity contribution in [2.24, 2.45) is 5.92 Å². The Labute approximate surface area is 130 Å². The maximum atomic E-state index is 12.7. The van der Waals surface area contributed by atoms with Crippen LogP contribution in [-0.4, -0.2) is 43.6 Å². The van der Waals surface area contributed by atoms with Crippen molar-refractivity contribution in [1.29, 1.82) is 0 Å². The lowest BCUT2D eigenvalue weighted by molar-refractivity contribution is 0.292. The molecule has 2 rings (SSSR count). The molecule has 0 amide bonds. The number of hydrogen-bond acceptors (Lipinski definition) is 3. The third-order valence-electron chi connectivity index (χ3n) is 4.47. The van der Waals surface area contributed by atoms with E-state index in [1.54, 1.807) is 0 Å². The first-order valence-electron chi connectivity index (χ1n) is 8.72. The van der Waals surface area contributed by atoms with E-state index in [2.05, 4.69) is 19.2 Å². The molecule has 0 aromatic rings. The molecule has 2 saturated carbocycles. The molecule has 0 aromatic heterocycles. The van der Waals surface area contributed by atoms with Crippen molar-refractivity contribution in [3.05, 3.63) is 0 Å². The van der Waals surface area contributed by atoms with E-state index in [1.807, 2.05) is 4.31 Å². The first-order valence-corrected chi connectivity index (χ1v) is 10.3. The van der Waals surface area contributed by atoms with Gasteiger partial charge in [0.15, 0.2) is 0 Å². The highest BCUT2D eigenvalue weighted by atomic mass is 32.2. The molecule has 0 bridgehead atoms. The molecule has 0 heterocycles. The molecule has 5 heteroatoms. The van der Waals surface area contributed by atoms with Crippen LogP contribution in [0.5, 0.6) is 0 Å². The summed E-state index contributed by atoms with van der Waals surface area (Å²) < 4.78 is 27.2. The predicted molar refractivity (Wildman–Crippen MR) is 87.8 cm³/mol. The lowest BCUT2D eigenvalue weighted by atomic mass is 10.2. The molecule has 124 valence electrons. The van der Waals surface area contributed by atoms with Crippen molar-refractivity contribution in [3.8, 4) is 0 Å². The Morgan fingerprint density at radius 1 is 1.10 bits per heavy atom. The zero-order valence-corrected chi connectivity index (χ0v) is 14.5. The molecule has 2 aliphatic carbocycles. The number of rotatable bonds is 10. The Morgan fingerprint density at radius 3 is 2.33 bits per heavy atom. The molecule has 0 aliphatic heterocycles. The highest BCUT2D eigenvalue weighted by Crippen LogP contribution is 2.27. The van der Waals surface area contributed by atoms with Gasteiger partial charge in [0, 0.05) is 18.6 Å². The first-order chi connectivity index (χ1) is 9.99. The van der Waals surface area contributed by atoms with Crippen LogP contribution in [0.3, 0.4) is 0 Å². The van der Waals surface area contributed by atoms with Crippen molar-refractivity contribution in [3.63, 3.8) is 0 Å². The van der Waals surface area contributed by atoms with Crippen molar-refractivity contribution < 1.29 is 8.42 Å². The Morgan fingerprint density at radius 2 is 1.76 bits per heavy atom. The van der Waals surface area contributed by atoms with E-state index in [0.717, 1.165) is 38.3 Å². The van der Waals surface area contributed by atoms with Crippen LogP contribution in [0.4, 0.5) is 0 Å². The second-order valence-corrected chi connectivity index (χ2v) is 9.19. The molecule has 4 nitrogen and oxygen atoms in total. The van der Waals surface area contributed by atoms with E-state index in [-0.39, 0.29) is 6.04 Å². The fourth-order valence-electron chi connectivity index (χ4n) is 3.16. The van der Waals surface area contributed by atoms with Crippen LogP contribution in [0.1, 0.15) is 65.2 Å². The summed E-state index contributed by atoms with van der Waals surface area (Å²) >= 11 is 0. The van der Waals surface area contributed by atoms with Gasteiger partial charge in [-0.15, -0.1) is 0 Å². The first kappa shape index (κ1) is 17.2. The highest BCUT2D eigenvalue weighted by Gasteiger charge is 2.31. The number of sulfonamides is 1. The minimum absolute atomic E-state index is 0.266. The number of nitrogens with one attached hydrogen (secondary N) is 1. The summed E-state index contributed by atoms with van der Waals surface area (Å²) in [7, 11) is -3.08. The third-order valence-corrected chi connectivity index (χ3v) is 6.44. The van der Waals surface area contributed by atoms with Gasteiger partial charge in [0.25, 0.3) is 0 Å². The normalized spacial score (nSPS) is 20.8. The molecule has 0 unspecified atom stereocenters. The van der Waals surface area contributed by atoms with E-state index in [4.69, 9.17) is 0 Å². The molecule has 0 saturated heterocycles. The van der Waals surface area contributed by atoms with Gasteiger partial charge >= 0.3 is 0 Å². The molecule has 0 spiro atoms. The van der Waals surface area contributed by atoms with Crippen LogP contribution in [-0.2, 0) is 10.0 Å². The Hall–Kier alpha value is -0.130. The van der Waals surface area contributed by atoms with Gasteiger partial charge in [-0.1, -0.05) is 26.7 Å². The third kappa shape index (κ3) is 5.87. The zero-order chi connectivity index (χ0) is 15.3. The van der Waals surface area contributed by atoms with Crippen molar-refractivity contribution in [2.45, 2.75) is 77.3 Å². The van der Waals surface area contributed by atoms with Gasteiger partial charge in [-0.2, -0.15) is 4.31 Å². The standard InChI is InChI=1S/C16H32N2O2S/c1-14(2)13-18(16-7-3-4-8-16)21(19,20)12-6-5-11-17-15-9-10-15/h14-17H,3-13H2,1-2H3. The summed E-state index contributed by atoms with van der Waals surface area (Å²) in [4.78, 5) is 0. The van der Waals surface area contributed by atoms with Crippen LogP contribution in [0.2, 0.25) is 0 Å². The molecule has 2 aliphatic rings. The molecule has 0 atom stereocenters.